The van der Waals surface area contributed by atoms with Crippen LogP contribution in [-0.2, 0) is 38.1 Å². The van der Waals surface area contributed by atoms with Gasteiger partial charge in [0.1, 0.15) is 12.1 Å². The fourth-order valence-corrected chi connectivity index (χ4v) is 5.82. The minimum atomic E-state index is -4.43. The van der Waals surface area contributed by atoms with Crippen molar-refractivity contribution in [3.8, 4) is 11.5 Å². The Morgan fingerprint density at radius 3 is 2.33 bits per heavy atom. The van der Waals surface area contributed by atoms with Gasteiger partial charge in [0, 0.05) is 18.2 Å². The molecule has 0 aliphatic carbocycles. The second-order valence-corrected chi connectivity index (χ2v) is 12.2. The second kappa shape index (κ2) is 16.5. The van der Waals surface area contributed by atoms with Crippen LogP contribution in [0, 0.1) is 17.8 Å². The summed E-state index contributed by atoms with van der Waals surface area (Å²) in [4.78, 5) is 43.1. The van der Waals surface area contributed by atoms with Gasteiger partial charge in [-0.2, -0.15) is 13.2 Å². The van der Waals surface area contributed by atoms with Gasteiger partial charge in [0.25, 0.3) is 5.91 Å². The molecule has 1 aromatic heterocycles. The number of aromatic nitrogens is 1. The van der Waals surface area contributed by atoms with Gasteiger partial charge in [-0.1, -0.05) is 62.7 Å². The molecule has 1 aliphatic heterocycles. The molecule has 258 valence electrons. The lowest BCUT2D eigenvalue weighted by Crippen LogP contribution is -2.43. The number of hydrogen-bond acceptors (Lipinski definition) is 8. The van der Waals surface area contributed by atoms with Crippen molar-refractivity contribution in [2.24, 2.45) is 17.8 Å². The quantitative estimate of drug-likeness (QED) is 0.180. The van der Waals surface area contributed by atoms with Crippen molar-refractivity contribution in [2.45, 2.75) is 71.2 Å². The topological polar surface area (TPSA) is 113 Å². The third-order valence-corrected chi connectivity index (χ3v) is 8.44. The predicted molar refractivity (Wildman–Crippen MR) is 170 cm³/mol. The van der Waals surface area contributed by atoms with E-state index in [1.54, 1.807) is 13.8 Å². The number of nitrogens with one attached hydrogen (secondary N) is 1. The Hall–Kier alpha value is -4.61. The number of carbonyl (C=O) groups is 3. The van der Waals surface area contributed by atoms with Gasteiger partial charge in [0.15, 0.2) is 17.2 Å². The number of amides is 1. The number of alkyl halides is 3. The van der Waals surface area contributed by atoms with Gasteiger partial charge in [-0.25, -0.2) is 9.78 Å². The first-order chi connectivity index (χ1) is 22.9. The number of methoxy groups -OCH3 is 1. The standard InChI is InChI=1S/C36H41F3N2O7/c1-22(2)34(43)47-21-46-32-30(45-4)17-18-40-31(32)33(42)41-29-12-8-11-26(19-25-13-15-27(16-14-25)36(37,38)39)28(23(3)48-35(29)44)20-24-9-6-5-7-10-24/h5-7,9-10,13-18,22-23,26,28-29H,8,11-12,19-21H2,1-4H3,(H,41,42)/t23-,26+,28-,29-/m0/s1. The Bertz CT molecular complexity index is 1530. The number of nitrogens with zero attached hydrogens (tertiary/aromatic N) is 1. The molecule has 1 fully saturated rings. The van der Waals surface area contributed by atoms with E-state index in [0.717, 1.165) is 23.3 Å². The van der Waals surface area contributed by atoms with E-state index >= 15 is 0 Å². The maximum absolute atomic E-state index is 13.5. The summed E-state index contributed by atoms with van der Waals surface area (Å²) in [7, 11) is 1.38. The van der Waals surface area contributed by atoms with Crippen LogP contribution < -0.4 is 14.8 Å². The lowest BCUT2D eigenvalue weighted by Gasteiger charge is -2.31. The maximum atomic E-state index is 13.5. The predicted octanol–water partition coefficient (Wildman–Crippen LogP) is 6.58. The second-order valence-electron chi connectivity index (χ2n) is 12.2. The highest BCUT2D eigenvalue weighted by atomic mass is 19.4. The van der Waals surface area contributed by atoms with Gasteiger partial charge in [0.05, 0.1) is 18.6 Å². The van der Waals surface area contributed by atoms with Gasteiger partial charge in [-0.15, -0.1) is 0 Å². The molecule has 9 nitrogen and oxygen atoms in total. The van der Waals surface area contributed by atoms with Crippen LogP contribution in [0.5, 0.6) is 11.5 Å². The van der Waals surface area contributed by atoms with E-state index in [-0.39, 0.29) is 41.4 Å². The minimum absolute atomic E-state index is 0.0344. The van der Waals surface area contributed by atoms with E-state index in [9.17, 15) is 27.6 Å². The van der Waals surface area contributed by atoms with Crippen LogP contribution >= 0.6 is 0 Å². The highest BCUT2D eigenvalue weighted by molar-refractivity contribution is 5.98. The molecule has 0 unspecified atom stereocenters. The Kier molecular flexibility index (Phi) is 12.4. The first kappa shape index (κ1) is 36.2. The van der Waals surface area contributed by atoms with Gasteiger partial charge in [0.2, 0.25) is 6.79 Å². The largest absolute Gasteiger partial charge is 0.493 e. The summed E-state index contributed by atoms with van der Waals surface area (Å²) < 4.78 is 61.6. The van der Waals surface area contributed by atoms with Crippen LogP contribution in [0.3, 0.4) is 0 Å². The van der Waals surface area contributed by atoms with Crippen LogP contribution in [0.1, 0.15) is 67.2 Å². The molecule has 0 radical (unpaired) electrons. The average molecular weight is 671 g/mol. The SMILES string of the molecule is COc1ccnc(C(=O)N[C@H]2CCC[C@H](Cc3ccc(C(F)(F)F)cc3)[C@@H](Cc3ccccc3)[C@H](C)OC2=O)c1OCOC(=O)C(C)C. The highest BCUT2D eigenvalue weighted by Crippen LogP contribution is 2.35. The number of pyridine rings is 1. The van der Waals surface area contributed by atoms with Crippen LogP contribution in [0.2, 0.25) is 0 Å². The highest BCUT2D eigenvalue weighted by Gasteiger charge is 2.36. The first-order valence-electron chi connectivity index (χ1n) is 15.9. The smallest absolute Gasteiger partial charge is 0.416 e. The van der Waals surface area contributed by atoms with E-state index < -0.39 is 48.5 Å². The van der Waals surface area contributed by atoms with Crippen molar-refractivity contribution >= 4 is 17.8 Å². The molecule has 3 aromatic rings. The number of benzene rings is 2. The summed E-state index contributed by atoms with van der Waals surface area (Å²) in [6, 6.07) is 15.4. The zero-order valence-corrected chi connectivity index (χ0v) is 27.4. The number of esters is 2. The third kappa shape index (κ3) is 9.71. The molecule has 4 rings (SSSR count). The van der Waals surface area contributed by atoms with E-state index in [1.165, 1.54) is 31.5 Å². The van der Waals surface area contributed by atoms with E-state index in [2.05, 4.69) is 10.3 Å². The lowest BCUT2D eigenvalue weighted by molar-refractivity contribution is -0.155. The van der Waals surface area contributed by atoms with Gasteiger partial charge >= 0.3 is 18.1 Å². The minimum Gasteiger partial charge on any atom is -0.493 e. The van der Waals surface area contributed by atoms with Crippen LogP contribution in [-0.4, -0.2) is 48.9 Å². The van der Waals surface area contributed by atoms with Crippen molar-refractivity contribution in [3.05, 3.63) is 89.2 Å². The summed E-state index contributed by atoms with van der Waals surface area (Å²) >= 11 is 0. The number of carbonyl (C=O) groups excluding carboxylic acids is 3. The molecular formula is C36H41F3N2O7. The average Bonchev–Trinajstić information content (AvgIpc) is 3.10. The van der Waals surface area contributed by atoms with Gasteiger partial charge < -0.3 is 24.3 Å². The van der Waals surface area contributed by atoms with Crippen LogP contribution in [0.4, 0.5) is 13.2 Å². The molecule has 0 saturated carbocycles. The molecule has 4 atom stereocenters. The molecule has 1 amide bonds. The monoisotopic (exact) mass is 670 g/mol. The zero-order chi connectivity index (χ0) is 34.8. The van der Waals surface area contributed by atoms with E-state index in [0.29, 0.717) is 25.7 Å². The fourth-order valence-electron chi connectivity index (χ4n) is 5.82. The van der Waals surface area contributed by atoms with Crippen molar-refractivity contribution in [3.63, 3.8) is 0 Å². The van der Waals surface area contributed by atoms with Crippen LogP contribution in [0.25, 0.3) is 0 Å². The molecule has 12 heteroatoms. The Morgan fingerprint density at radius 2 is 1.69 bits per heavy atom. The summed E-state index contributed by atoms with van der Waals surface area (Å²) in [6.07, 6.45) is -1.14. The normalized spacial score (nSPS) is 20.1. The lowest BCUT2D eigenvalue weighted by atomic mass is 9.77. The molecule has 2 aromatic carbocycles. The summed E-state index contributed by atoms with van der Waals surface area (Å²) in [5, 5.41) is 2.73. The van der Waals surface area contributed by atoms with Crippen molar-refractivity contribution in [1.29, 1.82) is 0 Å². The number of ether oxygens (including phenoxy) is 4. The van der Waals surface area contributed by atoms with E-state index in [1.807, 2.05) is 37.3 Å². The molecule has 2 heterocycles. The van der Waals surface area contributed by atoms with Crippen LogP contribution in [0.15, 0.2) is 66.9 Å². The molecule has 0 spiro atoms. The fraction of sp³-hybridized carbons (Fsp3) is 0.444. The first-order valence-corrected chi connectivity index (χ1v) is 15.9. The number of halogens is 3. The van der Waals surface area contributed by atoms with E-state index in [4.69, 9.17) is 18.9 Å². The van der Waals surface area contributed by atoms with Crippen molar-refractivity contribution in [1.82, 2.24) is 10.3 Å². The molecule has 1 aliphatic rings. The zero-order valence-electron chi connectivity index (χ0n) is 27.4. The van der Waals surface area contributed by atoms with Crippen molar-refractivity contribution in [2.75, 3.05) is 13.9 Å². The Balaban J connectivity index is 1.54. The molecule has 48 heavy (non-hydrogen) atoms. The van der Waals surface area contributed by atoms with Crippen molar-refractivity contribution < 1.29 is 46.5 Å². The molecule has 0 bridgehead atoms. The molecule has 1 saturated heterocycles. The number of rotatable bonds is 11. The molecule has 1 N–H and O–H groups in total. The summed E-state index contributed by atoms with van der Waals surface area (Å²) in [5.41, 5.74) is 0.919. The Morgan fingerprint density at radius 1 is 1.00 bits per heavy atom. The number of cyclic esters (lactones) is 1. The molecular weight excluding hydrogens is 629 g/mol. The third-order valence-electron chi connectivity index (χ3n) is 8.44. The Labute approximate surface area is 278 Å². The van der Waals surface area contributed by atoms with Gasteiger partial charge in [-0.3, -0.25) is 9.59 Å². The van der Waals surface area contributed by atoms with Gasteiger partial charge in [-0.05, 0) is 61.8 Å². The summed E-state index contributed by atoms with van der Waals surface area (Å²) in [5.74, 6) is -2.26. The maximum Gasteiger partial charge on any atom is 0.416 e. The number of hydrogen-bond donors (Lipinski definition) is 1. The summed E-state index contributed by atoms with van der Waals surface area (Å²) in [6.45, 7) is 4.67.